The molecular formula is C33H36F4N4O5. The fourth-order valence-corrected chi connectivity index (χ4v) is 6.16. The molecule has 9 nitrogen and oxygen atoms in total. The second kappa shape index (κ2) is 12.1. The number of benzene rings is 2. The van der Waals surface area contributed by atoms with Gasteiger partial charge in [-0.1, -0.05) is 36.4 Å². The van der Waals surface area contributed by atoms with Crippen LogP contribution in [0.2, 0.25) is 0 Å². The largest absolute Gasteiger partial charge is 0.444 e. The van der Waals surface area contributed by atoms with Gasteiger partial charge in [0, 0.05) is 19.6 Å². The van der Waals surface area contributed by atoms with Gasteiger partial charge in [-0.25, -0.2) is 14.0 Å². The van der Waals surface area contributed by atoms with Gasteiger partial charge in [0.05, 0.1) is 0 Å². The molecule has 2 aromatic rings. The fraction of sp³-hybridized carbons (Fsp3) is 0.455. The van der Waals surface area contributed by atoms with Gasteiger partial charge in [-0.15, -0.1) is 0 Å². The Kier molecular flexibility index (Phi) is 8.65. The maximum atomic E-state index is 13.9. The monoisotopic (exact) mass is 644 g/mol. The first-order chi connectivity index (χ1) is 21.5. The number of urea groups is 1. The highest BCUT2D eigenvalue weighted by molar-refractivity contribution is 6.10. The zero-order valence-corrected chi connectivity index (χ0v) is 26.0. The smallest absolute Gasteiger partial charge is 0.410 e. The highest BCUT2D eigenvalue weighted by Crippen LogP contribution is 2.44. The lowest BCUT2D eigenvalue weighted by Crippen LogP contribution is -2.51. The predicted molar refractivity (Wildman–Crippen MR) is 160 cm³/mol. The molecule has 246 valence electrons. The van der Waals surface area contributed by atoms with E-state index in [0.29, 0.717) is 41.3 Å². The number of amides is 5. The number of nitrogens with one attached hydrogen (secondary N) is 1. The van der Waals surface area contributed by atoms with Crippen molar-refractivity contribution in [1.29, 1.82) is 0 Å². The zero-order chi connectivity index (χ0) is 33.6. The van der Waals surface area contributed by atoms with Crippen LogP contribution in [0.1, 0.15) is 62.8 Å². The summed E-state index contributed by atoms with van der Waals surface area (Å²) in [5.74, 6) is -2.38. The summed E-state index contributed by atoms with van der Waals surface area (Å²) in [5, 5.41) is 2.73. The maximum absolute atomic E-state index is 13.9. The van der Waals surface area contributed by atoms with Crippen molar-refractivity contribution in [3.8, 4) is 0 Å². The minimum Gasteiger partial charge on any atom is -0.444 e. The maximum Gasteiger partial charge on any atom is 0.410 e. The summed E-state index contributed by atoms with van der Waals surface area (Å²) in [6, 6.07) is 7.00. The highest BCUT2D eigenvalue weighted by Gasteiger charge is 2.56. The second-order valence-electron chi connectivity index (χ2n) is 12.8. The predicted octanol–water partition coefficient (Wildman–Crippen LogP) is 5.52. The van der Waals surface area contributed by atoms with E-state index in [-0.39, 0.29) is 12.0 Å². The van der Waals surface area contributed by atoms with E-state index in [1.807, 2.05) is 12.1 Å². The molecule has 2 aliphatic heterocycles. The number of alkyl halides is 3. The minimum atomic E-state index is -4.78. The normalized spacial score (nSPS) is 20.4. The molecule has 0 saturated carbocycles. The van der Waals surface area contributed by atoms with Crippen LogP contribution in [0.5, 0.6) is 0 Å². The van der Waals surface area contributed by atoms with Crippen molar-refractivity contribution >= 4 is 29.5 Å². The number of hydrogen-bond acceptors (Lipinski definition) is 5. The number of nitrogens with zero attached hydrogens (tertiary/aromatic N) is 3. The fourth-order valence-electron chi connectivity index (χ4n) is 6.16. The molecular weight excluding hydrogens is 608 g/mol. The van der Waals surface area contributed by atoms with Gasteiger partial charge in [0.25, 0.3) is 5.91 Å². The molecule has 3 aliphatic rings. The molecule has 2 aromatic carbocycles. The second-order valence-corrected chi connectivity index (χ2v) is 12.8. The Morgan fingerprint density at radius 3 is 2.37 bits per heavy atom. The van der Waals surface area contributed by atoms with Crippen molar-refractivity contribution in [3.63, 3.8) is 0 Å². The van der Waals surface area contributed by atoms with Crippen molar-refractivity contribution in [1.82, 2.24) is 20.0 Å². The van der Waals surface area contributed by atoms with Crippen molar-refractivity contribution in [2.75, 3.05) is 19.6 Å². The molecule has 1 aliphatic carbocycles. The van der Waals surface area contributed by atoms with Gasteiger partial charge >= 0.3 is 18.3 Å². The molecule has 0 bridgehead atoms. The number of imide groups is 1. The molecule has 0 aromatic heterocycles. The summed E-state index contributed by atoms with van der Waals surface area (Å²) in [4.78, 5) is 55.7. The average Bonchev–Trinajstić information content (AvgIpc) is 3.47. The van der Waals surface area contributed by atoms with E-state index in [1.54, 1.807) is 37.8 Å². The topological polar surface area (TPSA) is 99.3 Å². The zero-order valence-electron chi connectivity index (χ0n) is 26.0. The summed E-state index contributed by atoms with van der Waals surface area (Å²) in [6.07, 6.45) is -2.06. The molecule has 2 heterocycles. The standard InChI is InChI=1S/C33H36F4N4O5/c1-20(33(35,36)37)40(18-21-8-10-23(34)11-9-21)27(42)19-41-28(43)32(38-29(41)44)15-12-25-24(6-5-7-26(25)32)22-13-16-39(17-14-22)30(45)46-31(2,3)4/h5-11,13,20H,12,14-19H2,1-4H3,(H,38,44)/t20-,32?/m0/s1. The molecule has 2 atom stereocenters. The van der Waals surface area contributed by atoms with Crippen molar-refractivity contribution in [2.45, 2.75) is 76.9 Å². The van der Waals surface area contributed by atoms with Gasteiger partial charge in [0.15, 0.2) is 0 Å². The number of hydrogen-bond donors (Lipinski definition) is 1. The Hall–Kier alpha value is -4.42. The van der Waals surface area contributed by atoms with Gasteiger partial charge in [-0.3, -0.25) is 14.5 Å². The molecule has 46 heavy (non-hydrogen) atoms. The van der Waals surface area contributed by atoms with Gasteiger partial charge in [-0.05, 0) is 86.9 Å². The number of rotatable bonds is 6. The summed E-state index contributed by atoms with van der Waals surface area (Å²) in [6.45, 7) is 5.60. The molecule has 1 unspecified atom stereocenters. The number of halogens is 4. The van der Waals surface area contributed by atoms with Crippen molar-refractivity contribution in [3.05, 3.63) is 76.6 Å². The van der Waals surface area contributed by atoms with Crippen LogP contribution < -0.4 is 5.32 Å². The van der Waals surface area contributed by atoms with Gasteiger partial charge in [-0.2, -0.15) is 13.2 Å². The van der Waals surface area contributed by atoms with Crippen LogP contribution >= 0.6 is 0 Å². The first-order valence-corrected chi connectivity index (χ1v) is 15.0. The van der Waals surface area contributed by atoms with Crippen molar-refractivity contribution < 1.29 is 41.5 Å². The van der Waals surface area contributed by atoms with Crippen LogP contribution in [0.25, 0.3) is 5.57 Å². The number of carbonyl (C=O) groups excluding carboxylic acids is 4. The molecule has 1 N–H and O–H groups in total. The molecule has 13 heteroatoms. The average molecular weight is 645 g/mol. The van der Waals surface area contributed by atoms with E-state index in [9.17, 15) is 36.7 Å². The Labute approximate surface area is 264 Å². The Morgan fingerprint density at radius 1 is 1.07 bits per heavy atom. The molecule has 1 fully saturated rings. The molecule has 0 radical (unpaired) electrons. The van der Waals surface area contributed by atoms with Crippen molar-refractivity contribution in [2.24, 2.45) is 0 Å². The number of ether oxygens (including phenoxy) is 1. The lowest BCUT2D eigenvalue weighted by Gasteiger charge is -2.32. The van der Waals surface area contributed by atoms with E-state index in [4.69, 9.17) is 4.74 Å². The minimum absolute atomic E-state index is 0.212. The van der Waals surface area contributed by atoms with Crippen LogP contribution in [-0.2, 0) is 32.8 Å². The molecule has 5 amide bonds. The summed E-state index contributed by atoms with van der Waals surface area (Å²) >= 11 is 0. The Morgan fingerprint density at radius 2 is 1.76 bits per heavy atom. The van der Waals surface area contributed by atoms with Crippen LogP contribution in [0, 0.1) is 5.82 Å². The Balaban J connectivity index is 1.36. The van der Waals surface area contributed by atoms with Crippen LogP contribution in [0.3, 0.4) is 0 Å². The third-order valence-electron chi connectivity index (χ3n) is 8.59. The van der Waals surface area contributed by atoms with Gasteiger partial charge < -0.3 is 19.9 Å². The van der Waals surface area contributed by atoms with E-state index < -0.39 is 66.2 Å². The van der Waals surface area contributed by atoms with E-state index in [2.05, 4.69) is 5.32 Å². The first-order valence-electron chi connectivity index (χ1n) is 15.0. The number of carbonyl (C=O) groups is 4. The van der Waals surface area contributed by atoms with Gasteiger partial charge in [0.1, 0.15) is 29.5 Å². The molecule has 1 spiro atoms. The van der Waals surface area contributed by atoms with Gasteiger partial charge in [0.2, 0.25) is 5.91 Å². The Bertz CT molecular complexity index is 1580. The van der Waals surface area contributed by atoms with E-state index >= 15 is 0 Å². The lowest BCUT2D eigenvalue weighted by molar-refractivity contribution is -0.187. The lowest BCUT2D eigenvalue weighted by atomic mass is 9.88. The first kappa shape index (κ1) is 33.0. The third-order valence-corrected chi connectivity index (χ3v) is 8.59. The summed E-state index contributed by atoms with van der Waals surface area (Å²) in [5.41, 5.74) is 1.46. The quantitative estimate of drug-likeness (QED) is 0.330. The van der Waals surface area contributed by atoms with E-state index in [1.165, 1.54) is 12.1 Å². The SMILES string of the molecule is C[C@H](N(Cc1ccc(F)cc1)C(=O)CN1C(=O)NC2(CCc3c(C4=CCN(C(=O)OC(C)(C)C)CC4)cccc32)C1=O)C(F)(F)F. The van der Waals surface area contributed by atoms with Crippen LogP contribution in [-0.4, -0.2) is 76.1 Å². The number of fused-ring (bicyclic) bond motifs is 2. The third kappa shape index (κ3) is 6.45. The van der Waals surface area contributed by atoms with Crippen LogP contribution in [0.15, 0.2) is 48.5 Å². The highest BCUT2D eigenvalue weighted by atomic mass is 19.4. The van der Waals surface area contributed by atoms with E-state index in [0.717, 1.165) is 35.8 Å². The molecule has 5 rings (SSSR count). The molecule has 1 saturated heterocycles. The van der Waals surface area contributed by atoms with Crippen LogP contribution in [0.4, 0.5) is 27.2 Å². The summed E-state index contributed by atoms with van der Waals surface area (Å²) in [7, 11) is 0. The summed E-state index contributed by atoms with van der Waals surface area (Å²) < 4.78 is 60.2.